The minimum absolute atomic E-state index is 0.145. The zero-order chi connectivity index (χ0) is 16.5. The van der Waals surface area contributed by atoms with Crippen molar-refractivity contribution < 1.29 is 4.79 Å². The number of carbonyl (C=O) groups excluding carboxylic acids is 1. The predicted molar refractivity (Wildman–Crippen MR) is 95.4 cm³/mol. The van der Waals surface area contributed by atoms with Gasteiger partial charge in [-0.3, -0.25) is 9.78 Å². The third-order valence-corrected chi connectivity index (χ3v) is 5.40. The van der Waals surface area contributed by atoms with Gasteiger partial charge in [-0.25, -0.2) is 0 Å². The van der Waals surface area contributed by atoms with Crippen molar-refractivity contribution in [2.24, 2.45) is 0 Å². The molecule has 2 aromatic rings. The first kappa shape index (κ1) is 15.2. The van der Waals surface area contributed by atoms with Gasteiger partial charge in [-0.1, -0.05) is 6.07 Å². The molecule has 0 bridgehead atoms. The Morgan fingerprint density at radius 1 is 1.17 bits per heavy atom. The fraction of sp³-hybridized carbons (Fsp3) is 0.400. The molecule has 1 aliphatic carbocycles. The molecule has 2 aliphatic rings. The number of anilines is 1. The Morgan fingerprint density at radius 2 is 1.96 bits per heavy atom. The van der Waals surface area contributed by atoms with E-state index in [1.807, 2.05) is 42.5 Å². The number of aryl methyl sites for hydroxylation is 2. The number of aromatic nitrogens is 1. The molecular formula is C20H23N3O. The second kappa shape index (κ2) is 6.27. The maximum Gasteiger partial charge on any atom is 0.253 e. The highest BCUT2D eigenvalue weighted by molar-refractivity contribution is 5.94. The minimum Gasteiger partial charge on any atom is -0.369 e. The van der Waals surface area contributed by atoms with Gasteiger partial charge in [0.15, 0.2) is 0 Å². The Balaban J connectivity index is 1.46. The van der Waals surface area contributed by atoms with E-state index in [2.05, 4.69) is 22.0 Å². The van der Waals surface area contributed by atoms with Crippen LogP contribution in [-0.2, 0) is 12.8 Å². The van der Waals surface area contributed by atoms with Crippen LogP contribution in [0.2, 0.25) is 0 Å². The van der Waals surface area contributed by atoms with Crippen molar-refractivity contribution in [3.63, 3.8) is 0 Å². The van der Waals surface area contributed by atoms with E-state index in [1.165, 1.54) is 23.2 Å². The highest BCUT2D eigenvalue weighted by atomic mass is 16.2. The number of hydrogen-bond acceptors (Lipinski definition) is 3. The molecule has 1 fully saturated rings. The summed E-state index contributed by atoms with van der Waals surface area (Å²) >= 11 is 0. The molecule has 0 spiro atoms. The molecule has 1 aromatic heterocycles. The monoisotopic (exact) mass is 321 g/mol. The number of pyridine rings is 1. The molecular weight excluding hydrogens is 298 g/mol. The molecule has 4 heteroatoms. The van der Waals surface area contributed by atoms with Gasteiger partial charge in [0.1, 0.15) is 0 Å². The second-order valence-electron chi connectivity index (χ2n) is 6.85. The lowest BCUT2D eigenvalue weighted by Crippen LogP contribution is -2.39. The van der Waals surface area contributed by atoms with Crippen molar-refractivity contribution in [1.29, 1.82) is 0 Å². The van der Waals surface area contributed by atoms with Crippen LogP contribution in [-0.4, -0.2) is 42.0 Å². The lowest BCUT2D eigenvalue weighted by Gasteiger charge is -2.26. The summed E-state index contributed by atoms with van der Waals surface area (Å²) in [5, 5.41) is 0. The normalized spacial score (nSPS) is 19.4. The zero-order valence-corrected chi connectivity index (χ0v) is 14.1. The van der Waals surface area contributed by atoms with Crippen molar-refractivity contribution in [3.05, 3.63) is 59.4 Å². The predicted octanol–water partition coefficient (Wildman–Crippen LogP) is 2.92. The van der Waals surface area contributed by atoms with E-state index in [0.717, 1.165) is 37.9 Å². The molecule has 1 amide bonds. The maximum atomic E-state index is 12.9. The van der Waals surface area contributed by atoms with Crippen LogP contribution in [0.1, 0.15) is 34.3 Å². The van der Waals surface area contributed by atoms with Crippen molar-refractivity contribution in [1.82, 2.24) is 9.88 Å². The molecule has 4 nitrogen and oxygen atoms in total. The Bertz CT molecular complexity index is 744. The topological polar surface area (TPSA) is 36.4 Å². The van der Waals surface area contributed by atoms with Crippen molar-refractivity contribution in [2.45, 2.75) is 31.7 Å². The second-order valence-corrected chi connectivity index (χ2v) is 6.85. The number of benzene rings is 1. The summed E-state index contributed by atoms with van der Waals surface area (Å²) in [5.74, 6) is 0.145. The Hall–Kier alpha value is -2.36. The third-order valence-electron chi connectivity index (χ3n) is 5.40. The summed E-state index contributed by atoms with van der Waals surface area (Å²) in [7, 11) is 1.94. The summed E-state index contributed by atoms with van der Waals surface area (Å²) in [6, 6.07) is 10.6. The first-order valence-corrected chi connectivity index (χ1v) is 8.76. The van der Waals surface area contributed by atoms with Crippen LogP contribution in [0.5, 0.6) is 0 Å². The highest BCUT2D eigenvalue weighted by Gasteiger charge is 2.29. The first-order valence-electron chi connectivity index (χ1n) is 8.76. The molecule has 1 saturated heterocycles. The van der Waals surface area contributed by atoms with E-state index < -0.39 is 0 Å². The lowest BCUT2D eigenvalue weighted by atomic mass is 10.0. The smallest absolute Gasteiger partial charge is 0.253 e. The van der Waals surface area contributed by atoms with Gasteiger partial charge >= 0.3 is 0 Å². The van der Waals surface area contributed by atoms with Crippen LogP contribution in [0, 0.1) is 0 Å². The molecule has 2 heterocycles. The molecule has 0 N–H and O–H groups in total. The molecule has 4 rings (SSSR count). The van der Waals surface area contributed by atoms with E-state index >= 15 is 0 Å². The van der Waals surface area contributed by atoms with E-state index in [9.17, 15) is 4.79 Å². The van der Waals surface area contributed by atoms with Crippen LogP contribution < -0.4 is 4.90 Å². The van der Waals surface area contributed by atoms with Crippen molar-refractivity contribution in [2.75, 3.05) is 25.0 Å². The van der Waals surface area contributed by atoms with Crippen molar-refractivity contribution in [3.8, 4) is 0 Å². The molecule has 1 unspecified atom stereocenters. The fourth-order valence-corrected chi connectivity index (χ4v) is 3.92. The van der Waals surface area contributed by atoms with Gasteiger partial charge in [0.2, 0.25) is 0 Å². The third kappa shape index (κ3) is 2.77. The Labute approximate surface area is 143 Å². The van der Waals surface area contributed by atoms with E-state index in [1.54, 1.807) is 0 Å². The number of hydrogen-bond donors (Lipinski definition) is 0. The number of likely N-dealkylation sites (N-methyl/N-ethyl adjacent to an activating group) is 1. The van der Waals surface area contributed by atoms with Gasteiger partial charge in [-0.05, 0) is 61.1 Å². The maximum absolute atomic E-state index is 12.9. The average Bonchev–Trinajstić information content (AvgIpc) is 3.30. The van der Waals surface area contributed by atoms with Crippen LogP contribution in [0.3, 0.4) is 0 Å². The number of rotatable bonds is 3. The van der Waals surface area contributed by atoms with E-state index in [0.29, 0.717) is 0 Å². The molecule has 1 atom stereocenters. The summed E-state index contributed by atoms with van der Waals surface area (Å²) in [6.45, 7) is 1.87. The van der Waals surface area contributed by atoms with E-state index in [-0.39, 0.29) is 11.9 Å². The summed E-state index contributed by atoms with van der Waals surface area (Å²) in [5.41, 5.74) is 4.80. The standard InChI is InChI=1S/C20H23N3O/c1-22(19-9-12-23(14-19)18-7-10-21-11-8-18)20(24)17-6-5-15-3-2-4-16(15)13-17/h5-8,10-11,13,19H,2-4,9,12,14H2,1H3. The number of nitrogens with zero attached hydrogens (tertiary/aromatic N) is 3. The average molecular weight is 321 g/mol. The first-order chi connectivity index (χ1) is 11.7. The van der Waals surface area contributed by atoms with Crippen LogP contribution in [0.15, 0.2) is 42.7 Å². The highest BCUT2D eigenvalue weighted by Crippen LogP contribution is 2.25. The lowest BCUT2D eigenvalue weighted by molar-refractivity contribution is 0.0745. The molecule has 1 aromatic carbocycles. The molecule has 124 valence electrons. The SMILES string of the molecule is CN(C(=O)c1ccc2c(c1)CCC2)C1CCN(c2ccncc2)C1. The van der Waals surface area contributed by atoms with Gasteiger partial charge < -0.3 is 9.80 Å². The summed E-state index contributed by atoms with van der Waals surface area (Å²) in [4.78, 5) is 21.2. The van der Waals surface area contributed by atoms with Crippen LogP contribution in [0.25, 0.3) is 0 Å². The van der Waals surface area contributed by atoms with Gasteiger partial charge in [0.25, 0.3) is 5.91 Å². The van der Waals surface area contributed by atoms with Gasteiger partial charge in [0.05, 0.1) is 6.04 Å². The van der Waals surface area contributed by atoms with Gasteiger partial charge in [0, 0.05) is 43.8 Å². The molecule has 1 aliphatic heterocycles. The minimum atomic E-state index is 0.145. The zero-order valence-electron chi connectivity index (χ0n) is 14.1. The molecule has 0 radical (unpaired) electrons. The Morgan fingerprint density at radius 3 is 2.79 bits per heavy atom. The quantitative estimate of drug-likeness (QED) is 0.872. The molecule has 24 heavy (non-hydrogen) atoms. The van der Waals surface area contributed by atoms with E-state index in [4.69, 9.17) is 0 Å². The van der Waals surface area contributed by atoms with Gasteiger partial charge in [-0.15, -0.1) is 0 Å². The van der Waals surface area contributed by atoms with Crippen LogP contribution in [0.4, 0.5) is 5.69 Å². The largest absolute Gasteiger partial charge is 0.369 e. The Kier molecular flexibility index (Phi) is 3.97. The van der Waals surface area contributed by atoms with Crippen LogP contribution >= 0.6 is 0 Å². The fourth-order valence-electron chi connectivity index (χ4n) is 3.92. The number of carbonyl (C=O) groups is 1. The summed E-state index contributed by atoms with van der Waals surface area (Å²) < 4.78 is 0. The van der Waals surface area contributed by atoms with Crippen molar-refractivity contribution >= 4 is 11.6 Å². The number of fused-ring (bicyclic) bond motifs is 1. The van der Waals surface area contributed by atoms with Gasteiger partial charge in [-0.2, -0.15) is 0 Å². The summed E-state index contributed by atoms with van der Waals surface area (Å²) in [6.07, 6.45) is 8.13. The number of amides is 1. The molecule has 0 saturated carbocycles.